The molecular formula is C11H17NO3. The second kappa shape index (κ2) is 2.54. The molecule has 0 aromatic heterocycles. The fraction of sp³-hybridized carbons (Fsp3) is 0.818. The third-order valence-electron chi connectivity index (χ3n) is 4.68. The largest absolute Gasteiger partial charge is 0.448 e. The molecule has 2 rings (SSSR count). The first kappa shape index (κ1) is 10.5. The molecule has 2 fully saturated rings. The number of fused-ring (bicyclic) bond motifs is 2. The SMILES string of the molecule is CNC(=O)[C@@]12CC[C@](C)(C(=O)O1)C2(C)C. The zero-order chi connectivity index (χ0) is 11.5. The van der Waals surface area contributed by atoms with Crippen molar-refractivity contribution < 1.29 is 14.3 Å². The summed E-state index contributed by atoms with van der Waals surface area (Å²) in [5, 5.41) is 2.60. The van der Waals surface area contributed by atoms with Gasteiger partial charge in [-0.25, -0.2) is 0 Å². The summed E-state index contributed by atoms with van der Waals surface area (Å²) >= 11 is 0. The Kier molecular flexibility index (Phi) is 1.77. The van der Waals surface area contributed by atoms with E-state index in [1.807, 2.05) is 20.8 Å². The number of hydrogen-bond acceptors (Lipinski definition) is 3. The number of carbonyl (C=O) groups is 2. The van der Waals surface area contributed by atoms with Crippen molar-refractivity contribution in [1.29, 1.82) is 0 Å². The average Bonchev–Trinajstić information content (AvgIpc) is 2.47. The van der Waals surface area contributed by atoms with E-state index < -0.39 is 16.4 Å². The fourth-order valence-corrected chi connectivity index (χ4v) is 2.95. The Bertz CT molecular complexity index is 350. The molecule has 1 saturated heterocycles. The summed E-state index contributed by atoms with van der Waals surface area (Å²) in [6, 6.07) is 0. The highest BCUT2D eigenvalue weighted by Gasteiger charge is 2.75. The third kappa shape index (κ3) is 0.840. The Labute approximate surface area is 89.4 Å². The highest BCUT2D eigenvalue weighted by molar-refractivity contribution is 5.96. The van der Waals surface area contributed by atoms with Gasteiger partial charge in [0.15, 0.2) is 5.60 Å². The van der Waals surface area contributed by atoms with Crippen LogP contribution in [0.1, 0.15) is 33.6 Å². The van der Waals surface area contributed by atoms with Gasteiger partial charge in [-0.05, 0) is 19.8 Å². The van der Waals surface area contributed by atoms with Crippen molar-refractivity contribution in [3.05, 3.63) is 0 Å². The van der Waals surface area contributed by atoms with E-state index in [4.69, 9.17) is 4.74 Å². The van der Waals surface area contributed by atoms with Crippen molar-refractivity contribution in [2.75, 3.05) is 7.05 Å². The summed E-state index contributed by atoms with van der Waals surface area (Å²) in [6.45, 7) is 5.79. The van der Waals surface area contributed by atoms with Crippen LogP contribution in [0, 0.1) is 10.8 Å². The van der Waals surface area contributed by atoms with E-state index in [1.54, 1.807) is 7.05 Å². The number of nitrogens with one attached hydrogen (secondary N) is 1. The second-order valence-electron chi connectivity index (χ2n) is 5.25. The summed E-state index contributed by atoms with van der Waals surface area (Å²) in [4.78, 5) is 23.7. The first-order chi connectivity index (χ1) is 6.82. The van der Waals surface area contributed by atoms with E-state index in [9.17, 15) is 9.59 Å². The van der Waals surface area contributed by atoms with Crippen LogP contribution in [0.25, 0.3) is 0 Å². The van der Waals surface area contributed by atoms with Gasteiger partial charge in [-0.15, -0.1) is 0 Å². The zero-order valence-corrected chi connectivity index (χ0v) is 9.64. The van der Waals surface area contributed by atoms with Gasteiger partial charge in [0, 0.05) is 12.5 Å². The van der Waals surface area contributed by atoms with Gasteiger partial charge in [-0.2, -0.15) is 0 Å². The minimum atomic E-state index is -0.951. The third-order valence-corrected chi connectivity index (χ3v) is 4.68. The van der Waals surface area contributed by atoms with Gasteiger partial charge in [-0.3, -0.25) is 9.59 Å². The van der Waals surface area contributed by atoms with E-state index in [0.29, 0.717) is 6.42 Å². The highest BCUT2D eigenvalue weighted by Crippen LogP contribution is 2.65. The molecule has 2 aliphatic rings. The maximum atomic E-state index is 11.9. The van der Waals surface area contributed by atoms with Crippen LogP contribution < -0.4 is 5.32 Å². The molecule has 0 aromatic carbocycles. The quantitative estimate of drug-likeness (QED) is 0.654. The molecule has 0 spiro atoms. The first-order valence-corrected chi connectivity index (χ1v) is 5.27. The topological polar surface area (TPSA) is 55.4 Å². The lowest BCUT2D eigenvalue weighted by molar-refractivity contribution is -0.168. The molecule has 15 heavy (non-hydrogen) atoms. The summed E-state index contributed by atoms with van der Waals surface area (Å²) in [6.07, 6.45) is 1.36. The maximum absolute atomic E-state index is 11.9. The molecular weight excluding hydrogens is 194 g/mol. The number of rotatable bonds is 1. The molecule has 0 unspecified atom stereocenters. The molecule has 4 heteroatoms. The molecule has 84 valence electrons. The van der Waals surface area contributed by atoms with Crippen LogP contribution in [-0.2, 0) is 14.3 Å². The Morgan fingerprint density at radius 2 is 1.93 bits per heavy atom. The van der Waals surface area contributed by atoms with Crippen LogP contribution in [0.5, 0.6) is 0 Å². The number of carbonyl (C=O) groups excluding carboxylic acids is 2. The number of hydrogen-bond donors (Lipinski definition) is 1. The van der Waals surface area contributed by atoms with Gasteiger partial charge >= 0.3 is 5.97 Å². The minimum absolute atomic E-state index is 0.179. The molecule has 0 radical (unpaired) electrons. The van der Waals surface area contributed by atoms with Crippen LogP contribution in [0.3, 0.4) is 0 Å². The lowest BCUT2D eigenvalue weighted by Crippen LogP contribution is -2.52. The monoisotopic (exact) mass is 211 g/mol. The van der Waals surface area contributed by atoms with E-state index >= 15 is 0 Å². The highest BCUT2D eigenvalue weighted by atomic mass is 16.6. The fourth-order valence-electron chi connectivity index (χ4n) is 2.95. The summed E-state index contributed by atoms with van der Waals surface area (Å²) < 4.78 is 5.37. The summed E-state index contributed by atoms with van der Waals surface area (Å²) in [5.74, 6) is -0.413. The van der Waals surface area contributed by atoms with Gasteiger partial charge in [0.2, 0.25) is 0 Å². The summed E-state index contributed by atoms with van der Waals surface area (Å²) in [5.41, 5.74) is -1.90. The van der Waals surface area contributed by atoms with Crippen molar-refractivity contribution in [2.24, 2.45) is 10.8 Å². The maximum Gasteiger partial charge on any atom is 0.313 e. The van der Waals surface area contributed by atoms with Gasteiger partial charge in [-0.1, -0.05) is 13.8 Å². The van der Waals surface area contributed by atoms with Crippen LogP contribution in [-0.4, -0.2) is 24.5 Å². The molecule has 1 amide bonds. The van der Waals surface area contributed by atoms with Crippen LogP contribution in [0.2, 0.25) is 0 Å². The minimum Gasteiger partial charge on any atom is -0.448 e. The predicted molar refractivity (Wildman–Crippen MR) is 54.0 cm³/mol. The number of ether oxygens (including phenoxy) is 1. The van der Waals surface area contributed by atoms with Crippen molar-refractivity contribution >= 4 is 11.9 Å². The zero-order valence-electron chi connectivity index (χ0n) is 9.64. The van der Waals surface area contributed by atoms with Crippen molar-refractivity contribution in [3.63, 3.8) is 0 Å². The molecule has 1 saturated carbocycles. The van der Waals surface area contributed by atoms with Crippen molar-refractivity contribution in [2.45, 2.75) is 39.2 Å². The molecule has 4 nitrogen and oxygen atoms in total. The van der Waals surface area contributed by atoms with Gasteiger partial charge in [0.05, 0.1) is 5.41 Å². The van der Waals surface area contributed by atoms with Crippen molar-refractivity contribution in [1.82, 2.24) is 5.32 Å². The molecule has 2 atom stereocenters. The number of amides is 1. The van der Waals surface area contributed by atoms with Gasteiger partial charge in [0.25, 0.3) is 5.91 Å². The second-order valence-corrected chi connectivity index (χ2v) is 5.25. The summed E-state index contributed by atoms with van der Waals surface area (Å²) in [7, 11) is 1.58. The van der Waals surface area contributed by atoms with Crippen LogP contribution >= 0.6 is 0 Å². The molecule has 1 aliphatic carbocycles. The normalized spacial score (nSPS) is 41.5. The number of esters is 1. The number of likely N-dealkylation sites (N-methyl/N-ethyl adjacent to an activating group) is 1. The van der Waals surface area contributed by atoms with E-state index in [1.165, 1.54) is 0 Å². The van der Waals surface area contributed by atoms with Crippen LogP contribution in [0.15, 0.2) is 0 Å². The molecule has 2 bridgehead atoms. The molecule has 1 heterocycles. The Morgan fingerprint density at radius 3 is 2.27 bits per heavy atom. The Balaban J connectivity index is 2.54. The van der Waals surface area contributed by atoms with Gasteiger partial charge < -0.3 is 10.1 Å². The first-order valence-electron chi connectivity index (χ1n) is 5.27. The predicted octanol–water partition coefficient (Wildman–Crippen LogP) is 0.854. The van der Waals surface area contributed by atoms with Gasteiger partial charge in [0.1, 0.15) is 0 Å². The molecule has 1 N–H and O–H groups in total. The van der Waals surface area contributed by atoms with E-state index in [0.717, 1.165) is 6.42 Å². The molecule has 1 aliphatic heterocycles. The standard InChI is InChI=1S/C11H17NO3/c1-9(2)10(3)5-6-11(9,7(13)12-4)15-8(10)14/h5-6H2,1-4H3,(H,12,13)/t10-,11-/m1/s1. The smallest absolute Gasteiger partial charge is 0.313 e. The Morgan fingerprint density at radius 1 is 1.33 bits per heavy atom. The lowest BCUT2D eigenvalue weighted by atomic mass is 9.66. The van der Waals surface area contributed by atoms with E-state index in [2.05, 4.69) is 5.32 Å². The average molecular weight is 211 g/mol. The lowest BCUT2D eigenvalue weighted by Gasteiger charge is -2.34. The van der Waals surface area contributed by atoms with Crippen LogP contribution in [0.4, 0.5) is 0 Å². The molecule has 0 aromatic rings. The Hall–Kier alpha value is -1.06. The van der Waals surface area contributed by atoms with E-state index in [-0.39, 0.29) is 11.9 Å². The van der Waals surface area contributed by atoms with Crippen molar-refractivity contribution in [3.8, 4) is 0 Å².